The first kappa shape index (κ1) is 14.3. The van der Waals surface area contributed by atoms with E-state index in [9.17, 15) is 13.2 Å². The number of rotatable bonds is 2. The van der Waals surface area contributed by atoms with Crippen molar-refractivity contribution in [1.82, 2.24) is 0 Å². The van der Waals surface area contributed by atoms with Crippen LogP contribution in [0.5, 0.6) is 0 Å². The fraction of sp³-hybridized carbons (Fsp3) is 0.400. The molecular formula is C10H13ClF3N. The van der Waals surface area contributed by atoms with Crippen LogP contribution < -0.4 is 5.73 Å². The normalized spacial score (nSPS) is 9.87. The van der Waals surface area contributed by atoms with Crippen molar-refractivity contribution in [2.24, 2.45) is 5.73 Å². The molecule has 0 saturated carbocycles. The smallest absolute Gasteiger partial charge is 0.264 e. The van der Waals surface area contributed by atoms with E-state index in [1.165, 1.54) is 0 Å². The molecule has 0 heterocycles. The third-order valence-electron chi connectivity index (χ3n) is 1.67. The van der Waals surface area contributed by atoms with Crippen molar-refractivity contribution in [3.63, 3.8) is 0 Å². The summed E-state index contributed by atoms with van der Waals surface area (Å²) in [4.78, 5) is 0. The number of nitrogens with two attached hydrogens (primary N) is 1. The molecule has 0 aromatic heterocycles. The van der Waals surface area contributed by atoms with Crippen molar-refractivity contribution in [1.29, 1.82) is 0 Å². The van der Waals surface area contributed by atoms with Gasteiger partial charge in [0.2, 0.25) is 0 Å². The standard InChI is InChI=1S/C8H7ClF3N.C2H6/c9-6-2-1-4(8(11)12)5(3-13)7(6)10;1-2/h1-2,8H,3,13H2;1-2H3. The van der Waals surface area contributed by atoms with Crippen LogP contribution in [0.1, 0.15) is 31.4 Å². The van der Waals surface area contributed by atoms with E-state index in [4.69, 9.17) is 17.3 Å². The molecule has 1 aromatic rings. The Morgan fingerprint density at radius 2 is 1.87 bits per heavy atom. The quantitative estimate of drug-likeness (QED) is 0.832. The molecule has 86 valence electrons. The third-order valence-corrected chi connectivity index (χ3v) is 1.96. The summed E-state index contributed by atoms with van der Waals surface area (Å²) >= 11 is 5.39. The van der Waals surface area contributed by atoms with Crippen LogP contribution in [0.3, 0.4) is 0 Å². The fourth-order valence-corrected chi connectivity index (χ4v) is 1.20. The lowest BCUT2D eigenvalue weighted by Gasteiger charge is -2.08. The SMILES string of the molecule is CC.NCc1c(C(F)F)ccc(Cl)c1F. The summed E-state index contributed by atoms with van der Waals surface area (Å²) in [5.74, 6) is -0.859. The van der Waals surface area contributed by atoms with E-state index < -0.39 is 17.8 Å². The Balaban J connectivity index is 0.000000921. The van der Waals surface area contributed by atoms with Crippen LogP contribution in [0.15, 0.2) is 12.1 Å². The van der Waals surface area contributed by atoms with Gasteiger partial charge in [-0.25, -0.2) is 13.2 Å². The van der Waals surface area contributed by atoms with Gasteiger partial charge < -0.3 is 5.73 Å². The second-order valence-electron chi connectivity index (χ2n) is 2.43. The van der Waals surface area contributed by atoms with Crippen LogP contribution >= 0.6 is 11.6 Å². The van der Waals surface area contributed by atoms with E-state index in [0.717, 1.165) is 12.1 Å². The first-order valence-electron chi connectivity index (χ1n) is 4.53. The lowest BCUT2D eigenvalue weighted by molar-refractivity contribution is 0.149. The lowest BCUT2D eigenvalue weighted by Crippen LogP contribution is -2.05. The van der Waals surface area contributed by atoms with E-state index >= 15 is 0 Å². The van der Waals surface area contributed by atoms with Gasteiger partial charge in [-0.05, 0) is 6.07 Å². The molecule has 15 heavy (non-hydrogen) atoms. The van der Waals surface area contributed by atoms with Crippen LogP contribution in [0.25, 0.3) is 0 Å². The van der Waals surface area contributed by atoms with Crippen molar-refractivity contribution in [3.8, 4) is 0 Å². The molecule has 0 aliphatic carbocycles. The van der Waals surface area contributed by atoms with E-state index in [1.807, 2.05) is 13.8 Å². The van der Waals surface area contributed by atoms with E-state index in [2.05, 4.69) is 0 Å². The third kappa shape index (κ3) is 3.39. The fourth-order valence-electron chi connectivity index (χ4n) is 1.02. The molecule has 0 radical (unpaired) electrons. The Kier molecular flexibility index (Phi) is 6.36. The van der Waals surface area contributed by atoms with Crippen LogP contribution in [0, 0.1) is 5.82 Å². The first-order valence-corrected chi connectivity index (χ1v) is 4.90. The maximum Gasteiger partial charge on any atom is 0.264 e. The average Bonchev–Trinajstić information content (AvgIpc) is 2.24. The molecule has 0 bridgehead atoms. The highest BCUT2D eigenvalue weighted by Crippen LogP contribution is 2.28. The van der Waals surface area contributed by atoms with Gasteiger partial charge in [0.25, 0.3) is 6.43 Å². The number of hydrogen-bond donors (Lipinski definition) is 1. The minimum atomic E-state index is -2.73. The van der Waals surface area contributed by atoms with Crippen LogP contribution in [-0.4, -0.2) is 0 Å². The zero-order valence-electron chi connectivity index (χ0n) is 8.53. The zero-order valence-corrected chi connectivity index (χ0v) is 9.28. The minimum Gasteiger partial charge on any atom is -0.326 e. The van der Waals surface area contributed by atoms with Crippen molar-refractivity contribution in [3.05, 3.63) is 34.1 Å². The van der Waals surface area contributed by atoms with Crippen molar-refractivity contribution < 1.29 is 13.2 Å². The second-order valence-corrected chi connectivity index (χ2v) is 2.84. The maximum atomic E-state index is 13.1. The molecule has 0 atom stereocenters. The molecule has 0 spiro atoms. The van der Waals surface area contributed by atoms with Gasteiger partial charge in [0, 0.05) is 17.7 Å². The van der Waals surface area contributed by atoms with Gasteiger partial charge in [-0.1, -0.05) is 31.5 Å². The minimum absolute atomic E-state index is 0.190. The lowest BCUT2D eigenvalue weighted by atomic mass is 10.1. The predicted molar refractivity (Wildman–Crippen MR) is 55.6 cm³/mol. The highest BCUT2D eigenvalue weighted by atomic mass is 35.5. The maximum absolute atomic E-state index is 13.1. The summed E-state index contributed by atoms with van der Waals surface area (Å²) in [6, 6.07) is 2.18. The van der Waals surface area contributed by atoms with Crippen LogP contribution in [0.4, 0.5) is 13.2 Å². The van der Waals surface area contributed by atoms with Gasteiger partial charge in [-0.2, -0.15) is 0 Å². The largest absolute Gasteiger partial charge is 0.326 e. The van der Waals surface area contributed by atoms with Crippen molar-refractivity contribution in [2.75, 3.05) is 0 Å². The molecular weight excluding hydrogens is 227 g/mol. The molecule has 1 nitrogen and oxygen atoms in total. The Morgan fingerprint density at radius 1 is 1.33 bits per heavy atom. The topological polar surface area (TPSA) is 26.0 Å². The summed E-state index contributed by atoms with van der Waals surface area (Å²) < 4.78 is 37.6. The molecule has 0 amide bonds. The molecule has 2 N–H and O–H groups in total. The Bertz CT molecular complexity index is 316. The monoisotopic (exact) mass is 239 g/mol. The van der Waals surface area contributed by atoms with Crippen LogP contribution in [0.2, 0.25) is 5.02 Å². The van der Waals surface area contributed by atoms with Gasteiger partial charge in [0.15, 0.2) is 0 Å². The van der Waals surface area contributed by atoms with E-state index in [0.29, 0.717) is 0 Å². The second kappa shape index (κ2) is 6.69. The summed E-state index contributed by atoms with van der Waals surface area (Å²) in [5, 5.41) is -0.190. The van der Waals surface area contributed by atoms with E-state index in [-0.39, 0.29) is 17.1 Å². The summed E-state index contributed by atoms with van der Waals surface area (Å²) in [7, 11) is 0. The Labute approximate surface area is 92.0 Å². The average molecular weight is 240 g/mol. The van der Waals surface area contributed by atoms with Gasteiger partial charge >= 0.3 is 0 Å². The highest BCUT2D eigenvalue weighted by molar-refractivity contribution is 6.30. The van der Waals surface area contributed by atoms with E-state index in [1.54, 1.807) is 0 Å². The Hall–Kier alpha value is -0.740. The molecule has 1 rings (SSSR count). The van der Waals surface area contributed by atoms with Gasteiger partial charge in [-0.15, -0.1) is 0 Å². The summed E-state index contributed by atoms with van der Waals surface area (Å²) in [6.45, 7) is 3.71. The number of hydrogen-bond acceptors (Lipinski definition) is 1. The van der Waals surface area contributed by atoms with Gasteiger partial charge in [0.1, 0.15) is 5.82 Å². The van der Waals surface area contributed by atoms with Crippen LogP contribution in [-0.2, 0) is 6.54 Å². The number of benzene rings is 1. The number of halogens is 4. The van der Waals surface area contributed by atoms with Gasteiger partial charge in [-0.3, -0.25) is 0 Å². The predicted octanol–water partition coefficient (Wildman–Crippen LogP) is 3.90. The molecule has 0 aliphatic rings. The molecule has 0 aliphatic heterocycles. The van der Waals surface area contributed by atoms with Crippen molar-refractivity contribution >= 4 is 11.6 Å². The molecule has 5 heteroatoms. The zero-order chi connectivity index (χ0) is 12.0. The molecule has 0 fully saturated rings. The summed E-state index contributed by atoms with van der Waals surface area (Å²) in [5.41, 5.74) is 4.51. The molecule has 0 saturated heterocycles. The first-order chi connectivity index (χ1) is 7.07. The number of alkyl halides is 2. The highest BCUT2D eigenvalue weighted by Gasteiger charge is 2.17. The molecule has 0 unspecified atom stereocenters. The van der Waals surface area contributed by atoms with Gasteiger partial charge in [0.05, 0.1) is 5.02 Å². The molecule has 1 aromatic carbocycles. The van der Waals surface area contributed by atoms with Crippen molar-refractivity contribution in [2.45, 2.75) is 26.8 Å². The summed E-state index contributed by atoms with van der Waals surface area (Å²) in [6.07, 6.45) is -2.73. The Morgan fingerprint density at radius 3 is 2.27 bits per heavy atom.